The van der Waals surface area contributed by atoms with Gasteiger partial charge in [0.1, 0.15) is 0 Å². The van der Waals surface area contributed by atoms with E-state index in [0.717, 1.165) is 11.1 Å². The van der Waals surface area contributed by atoms with Gasteiger partial charge in [0, 0.05) is 18.0 Å². The molecular weight excluding hydrogens is 302 g/mol. The Kier molecular flexibility index (Phi) is 6.37. The number of sulfonamides is 1. The first-order valence-corrected chi connectivity index (χ1v) is 8.87. The average molecular weight is 321 g/mol. The largest absolute Gasteiger partial charge is 0.461 e. The van der Waals surface area contributed by atoms with Crippen molar-refractivity contribution in [2.45, 2.75) is 20.3 Å². The van der Waals surface area contributed by atoms with E-state index in [0.29, 0.717) is 36.9 Å². The summed E-state index contributed by atoms with van der Waals surface area (Å²) in [7, 11) is -3.14. The quantitative estimate of drug-likeness (QED) is 0.547. The molecule has 1 aromatic rings. The lowest BCUT2D eigenvalue weighted by molar-refractivity contribution is 0.0519. The molecule has 0 aliphatic rings. The van der Waals surface area contributed by atoms with Crippen LogP contribution in [-0.4, -0.2) is 45.3 Å². The predicted molar refractivity (Wildman–Crippen MR) is 78.8 cm³/mol. The predicted octanol–water partition coefficient (Wildman–Crippen LogP) is 0.979. The third-order valence-electron chi connectivity index (χ3n) is 2.26. The molecule has 0 unspecified atom stereocenters. The second kappa shape index (κ2) is 7.55. The highest BCUT2D eigenvalue weighted by molar-refractivity contribution is 7.88. The third kappa shape index (κ3) is 5.85. The molecule has 0 saturated heterocycles. The Morgan fingerprint density at radius 2 is 2.10 bits per heavy atom. The minimum absolute atomic E-state index is 0.315. The van der Waals surface area contributed by atoms with E-state index in [9.17, 15) is 13.2 Å². The Morgan fingerprint density at radius 3 is 2.70 bits per heavy atom. The number of hydrogen-bond acceptors (Lipinski definition) is 7. The molecule has 0 bridgehead atoms. The van der Waals surface area contributed by atoms with Gasteiger partial charge in [0.05, 0.1) is 12.9 Å². The molecule has 0 radical (unpaired) electrons. The van der Waals surface area contributed by atoms with E-state index in [2.05, 4.69) is 15.0 Å². The van der Waals surface area contributed by atoms with Crippen LogP contribution < -0.4 is 10.0 Å². The van der Waals surface area contributed by atoms with Crippen LogP contribution in [0.2, 0.25) is 0 Å². The molecule has 0 fully saturated rings. The van der Waals surface area contributed by atoms with Crippen molar-refractivity contribution in [3.8, 4) is 0 Å². The van der Waals surface area contributed by atoms with E-state index in [1.54, 1.807) is 13.8 Å². The summed E-state index contributed by atoms with van der Waals surface area (Å²) in [6.45, 7) is 4.79. The standard InChI is InChI=1S/C11H19N3O4S2/c1-4-18-10(15)9-8(2)19-11(14-9)12-6-5-7-13-20(3,16)17/h13H,4-7H2,1-3H3,(H,12,14). The molecule has 7 nitrogen and oxygen atoms in total. The van der Waals surface area contributed by atoms with E-state index in [-0.39, 0.29) is 0 Å². The van der Waals surface area contributed by atoms with E-state index < -0.39 is 16.0 Å². The number of hydrogen-bond donors (Lipinski definition) is 2. The molecule has 0 spiro atoms. The third-order valence-corrected chi connectivity index (χ3v) is 3.92. The number of carbonyl (C=O) groups excluding carboxylic acids is 1. The number of esters is 1. The highest BCUT2D eigenvalue weighted by atomic mass is 32.2. The van der Waals surface area contributed by atoms with Crippen LogP contribution in [0.5, 0.6) is 0 Å². The van der Waals surface area contributed by atoms with Crippen molar-refractivity contribution < 1.29 is 17.9 Å². The zero-order valence-corrected chi connectivity index (χ0v) is 13.4. The van der Waals surface area contributed by atoms with Crippen LogP contribution in [0.3, 0.4) is 0 Å². The van der Waals surface area contributed by atoms with Gasteiger partial charge in [-0.3, -0.25) is 0 Å². The molecule has 0 amide bonds. The summed E-state index contributed by atoms with van der Waals surface area (Å²) in [4.78, 5) is 16.5. The normalized spacial score (nSPS) is 11.3. The molecule has 0 aliphatic carbocycles. The van der Waals surface area contributed by atoms with Gasteiger partial charge in [0.25, 0.3) is 0 Å². The van der Waals surface area contributed by atoms with Gasteiger partial charge >= 0.3 is 5.97 Å². The Labute approximate surface area is 122 Å². The topological polar surface area (TPSA) is 97.4 Å². The Hall–Kier alpha value is -1.19. The molecule has 0 aromatic carbocycles. The van der Waals surface area contributed by atoms with Gasteiger partial charge in [0.2, 0.25) is 10.0 Å². The number of aromatic nitrogens is 1. The summed E-state index contributed by atoms with van der Waals surface area (Å²) in [5, 5.41) is 3.68. The van der Waals surface area contributed by atoms with Crippen LogP contribution in [0.25, 0.3) is 0 Å². The minimum atomic E-state index is -3.14. The SMILES string of the molecule is CCOC(=O)c1nc(NCCCNS(C)(=O)=O)sc1C. The summed E-state index contributed by atoms with van der Waals surface area (Å²) < 4.78 is 29.0. The van der Waals surface area contributed by atoms with Gasteiger partial charge in [0.15, 0.2) is 10.8 Å². The maximum Gasteiger partial charge on any atom is 0.358 e. The highest BCUT2D eigenvalue weighted by Gasteiger charge is 2.16. The summed E-state index contributed by atoms with van der Waals surface area (Å²) in [5.41, 5.74) is 0.327. The van der Waals surface area contributed by atoms with Crippen LogP contribution >= 0.6 is 11.3 Å². The maximum atomic E-state index is 11.6. The number of ether oxygens (including phenoxy) is 1. The van der Waals surface area contributed by atoms with E-state index >= 15 is 0 Å². The van der Waals surface area contributed by atoms with Crippen LogP contribution in [0.4, 0.5) is 5.13 Å². The fourth-order valence-corrected chi connectivity index (χ4v) is 2.74. The zero-order chi connectivity index (χ0) is 15.2. The van der Waals surface area contributed by atoms with E-state index in [1.807, 2.05) is 0 Å². The maximum absolute atomic E-state index is 11.6. The van der Waals surface area contributed by atoms with Gasteiger partial charge < -0.3 is 10.1 Å². The van der Waals surface area contributed by atoms with E-state index in [1.165, 1.54) is 11.3 Å². The van der Waals surface area contributed by atoms with Crippen LogP contribution in [0.1, 0.15) is 28.7 Å². The monoisotopic (exact) mass is 321 g/mol. The smallest absolute Gasteiger partial charge is 0.358 e. The highest BCUT2D eigenvalue weighted by Crippen LogP contribution is 2.22. The number of thiazole rings is 1. The molecule has 2 N–H and O–H groups in total. The Balaban J connectivity index is 2.42. The first-order valence-electron chi connectivity index (χ1n) is 6.16. The lowest BCUT2D eigenvalue weighted by Gasteiger charge is -2.03. The fourth-order valence-electron chi connectivity index (χ4n) is 1.40. The number of carbonyl (C=O) groups is 1. The summed E-state index contributed by atoms with van der Waals surface area (Å²) in [6.07, 6.45) is 1.75. The van der Waals surface area contributed by atoms with Crippen LogP contribution in [-0.2, 0) is 14.8 Å². The van der Waals surface area contributed by atoms with Crippen molar-refractivity contribution in [1.82, 2.24) is 9.71 Å². The molecular formula is C11H19N3O4S2. The van der Waals surface area contributed by atoms with Crippen molar-refractivity contribution in [3.05, 3.63) is 10.6 Å². The van der Waals surface area contributed by atoms with Gasteiger partial charge in [-0.2, -0.15) is 0 Å². The van der Waals surface area contributed by atoms with Crippen molar-refractivity contribution in [1.29, 1.82) is 0 Å². The molecule has 1 aromatic heterocycles. The van der Waals surface area contributed by atoms with Crippen LogP contribution in [0, 0.1) is 6.92 Å². The molecule has 1 heterocycles. The van der Waals surface area contributed by atoms with Crippen molar-refractivity contribution in [2.24, 2.45) is 0 Å². The first-order chi connectivity index (χ1) is 9.33. The van der Waals surface area contributed by atoms with Gasteiger partial charge in [-0.15, -0.1) is 11.3 Å². The molecule has 0 saturated carbocycles. The second-order valence-electron chi connectivity index (χ2n) is 4.09. The van der Waals surface area contributed by atoms with Gasteiger partial charge in [-0.1, -0.05) is 0 Å². The number of nitrogens with zero attached hydrogens (tertiary/aromatic N) is 1. The zero-order valence-electron chi connectivity index (χ0n) is 11.7. The first kappa shape index (κ1) is 16.9. The van der Waals surface area contributed by atoms with Crippen molar-refractivity contribution in [2.75, 3.05) is 31.3 Å². The minimum Gasteiger partial charge on any atom is -0.461 e. The Bertz CT molecular complexity index is 554. The van der Waals surface area contributed by atoms with Crippen molar-refractivity contribution >= 4 is 32.5 Å². The summed E-state index contributed by atoms with van der Waals surface area (Å²) >= 11 is 1.37. The summed E-state index contributed by atoms with van der Waals surface area (Å²) in [6, 6.07) is 0. The molecule has 9 heteroatoms. The Morgan fingerprint density at radius 1 is 1.40 bits per heavy atom. The second-order valence-corrected chi connectivity index (χ2v) is 7.13. The number of anilines is 1. The fraction of sp³-hybridized carbons (Fsp3) is 0.636. The average Bonchev–Trinajstić information content (AvgIpc) is 2.69. The van der Waals surface area contributed by atoms with Crippen molar-refractivity contribution in [3.63, 3.8) is 0 Å². The molecule has 0 atom stereocenters. The molecule has 1 rings (SSSR count). The number of aryl methyl sites for hydroxylation is 1. The lowest BCUT2D eigenvalue weighted by atomic mass is 10.4. The number of rotatable bonds is 8. The van der Waals surface area contributed by atoms with Gasteiger partial charge in [-0.05, 0) is 20.3 Å². The molecule has 20 heavy (non-hydrogen) atoms. The van der Waals surface area contributed by atoms with E-state index in [4.69, 9.17) is 4.74 Å². The van der Waals surface area contributed by atoms with Crippen LogP contribution in [0.15, 0.2) is 0 Å². The van der Waals surface area contributed by atoms with Gasteiger partial charge in [-0.25, -0.2) is 22.9 Å². The molecule has 0 aliphatic heterocycles. The summed E-state index contributed by atoms with van der Waals surface area (Å²) in [5.74, 6) is -0.423. The lowest BCUT2D eigenvalue weighted by Crippen LogP contribution is -2.24. The molecule has 114 valence electrons. The number of nitrogens with one attached hydrogen (secondary N) is 2.